The van der Waals surface area contributed by atoms with Crippen LogP contribution in [0.5, 0.6) is 0 Å². The number of aliphatic hydroxyl groups excluding tert-OH is 1. The molecule has 0 rings (SSSR count). The number of carbonyl (C=O) groups is 3. The highest BCUT2D eigenvalue weighted by atomic mass is 31.2. The quantitative estimate of drug-likeness (QED) is 0.0942. The second-order valence-electron chi connectivity index (χ2n) is 10.1. The molecule has 0 aliphatic carbocycles. The van der Waals surface area contributed by atoms with Gasteiger partial charge in [0, 0.05) is 0 Å². The van der Waals surface area contributed by atoms with E-state index in [9.17, 15) is 23.8 Å². The van der Waals surface area contributed by atoms with Crippen molar-refractivity contribution in [2.45, 2.75) is 89.5 Å². The third-order valence-corrected chi connectivity index (χ3v) is 6.38. The number of rotatable bonds is 18. The Kier molecular flexibility index (Phi) is 26.9. The standard InChI is InChI=1S/C23H44NO10P.4CH4/c1-8-10-13-32-22(28)23(4,16-18(3)20(26)31-15-12-25)17-19(9-2)21(27)34-35(29,30)33-14-11-24(5,6)7;;;;/h18-19,25H,8-17H2,1-7H3;4*1H4/p+1. The summed E-state index contributed by atoms with van der Waals surface area (Å²) in [5.74, 6) is -3.77. The molecule has 0 aliphatic heterocycles. The predicted octanol–water partition coefficient (Wildman–Crippen LogP) is 5.22. The number of phosphoric ester groups is 1. The topological polar surface area (TPSA) is 146 Å². The van der Waals surface area contributed by atoms with Crippen LogP contribution < -0.4 is 0 Å². The molecular weight excluding hydrogens is 529 g/mol. The van der Waals surface area contributed by atoms with E-state index in [1.54, 1.807) is 20.8 Å². The lowest BCUT2D eigenvalue weighted by Crippen LogP contribution is -2.38. The molecule has 12 heteroatoms. The Labute approximate surface area is 238 Å². The van der Waals surface area contributed by atoms with Crippen molar-refractivity contribution in [3.05, 3.63) is 0 Å². The molecule has 0 saturated heterocycles. The van der Waals surface area contributed by atoms with E-state index in [4.69, 9.17) is 23.6 Å². The number of unbranched alkanes of at least 4 members (excludes halogenated alkanes) is 1. The molecule has 238 valence electrons. The lowest BCUT2D eigenvalue weighted by atomic mass is 9.74. The number of likely N-dealkylation sites (N-methyl/N-ethyl adjacent to an activating group) is 1. The summed E-state index contributed by atoms with van der Waals surface area (Å²) < 4.78 is 32.9. The third kappa shape index (κ3) is 20.1. The maximum absolute atomic E-state index is 13.0. The molecule has 0 aromatic carbocycles. The van der Waals surface area contributed by atoms with Gasteiger partial charge in [0.15, 0.2) is 0 Å². The normalized spacial score (nSPS) is 15.2. The van der Waals surface area contributed by atoms with E-state index in [-0.39, 0.29) is 75.4 Å². The first-order valence-electron chi connectivity index (χ1n) is 12.1. The second-order valence-corrected chi connectivity index (χ2v) is 11.5. The van der Waals surface area contributed by atoms with Gasteiger partial charge in [-0.2, -0.15) is 0 Å². The minimum absolute atomic E-state index is 0. The van der Waals surface area contributed by atoms with Crippen molar-refractivity contribution in [1.82, 2.24) is 0 Å². The maximum atomic E-state index is 13.0. The molecule has 0 heterocycles. The molecule has 0 radical (unpaired) electrons. The van der Waals surface area contributed by atoms with Crippen molar-refractivity contribution in [2.24, 2.45) is 17.3 Å². The summed E-state index contributed by atoms with van der Waals surface area (Å²) >= 11 is 0. The number of hydrogen-bond donors (Lipinski definition) is 2. The lowest BCUT2D eigenvalue weighted by molar-refractivity contribution is -0.870. The average Bonchev–Trinajstić information content (AvgIpc) is 2.74. The Hall–Kier alpha value is -1.52. The van der Waals surface area contributed by atoms with Crippen LogP contribution >= 0.6 is 7.82 Å². The van der Waals surface area contributed by atoms with Crippen LogP contribution in [0.2, 0.25) is 0 Å². The van der Waals surface area contributed by atoms with Crippen LogP contribution in [0.25, 0.3) is 0 Å². The number of ether oxygens (including phenoxy) is 2. The van der Waals surface area contributed by atoms with Crippen LogP contribution in [0, 0.1) is 17.3 Å². The molecule has 2 N–H and O–H groups in total. The summed E-state index contributed by atoms with van der Waals surface area (Å²) in [6, 6.07) is 0. The van der Waals surface area contributed by atoms with Crippen molar-refractivity contribution in [1.29, 1.82) is 0 Å². The van der Waals surface area contributed by atoms with Crippen molar-refractivity contribution in [2.75, 3.05) is 54.1 Å². The summed E-state index contributed by atoms with van der Waals surface area (Å²) in [7, 11) is 1.00. The Morgan fingerprint density at radius 3 is 1.95 bits per heavy atom. The molecular formula is C27H61NO10P+. The van der Waals surface area contributed by atoms with Gasteiger partial charge in [-0.15, -0.1) is 0 Å². The van der Waals surface area contributed by atoms with E-state index in [1.807, 2.05) is 28.1 Å². The third-order valence-electron chi connectivity index (χ3n) is 5.46. The van der Waals surface area contributed by atoms with Crippen molar-refractivity contribution in [3.8, 4) is 0 Å². The largest absolute Gasteiger partial charge is 0.529 e. The number of nitrogens with zero attached hydrogens (tertiary/aromatic N) is 1. The minimum atomic E-state index is -4.64. The first-order valence-corrected chi connectivity index (χ1v) is 13.6. The van der Waals surface area contributed by atoms with Gasteiger partial charge in [-0.3, -0.25) is 23.8 Å². The first kappa shape index (κ1) is 47.3. The molecule has 0 aromatic rings. The number of aliphatic hydroxyl groups is 1. The van der Waals surface area contributed by atoms with Crippen LogP contribution in [0.1, 0.15) is 89.5 Å². The fourth-order valence-electron chi connectivity index (χ4n) is 3.36. The van der Waals surface area contributed by atoms with Gasteiger partial charge in [0.25, 0.3) is 0 Å². The number of hydrogen-bond acceptors (Lipinski definition) is 9. The zero-order valence-electron chi connectivity index (χ0n) is 22.3. The zero-order chi connectivity index (χ0) is 27.3. The van der Waals surface area contributed by atoms with E-state index in [2.05, 4.69) is 0 Å². The molecule has 0 aliphatic rings. The van der Waals surface area contributed by atoms with E-state index in [0.29, 0.717) is 17.4 Å². The highest BCUT2D eigenvalue weighted by Gasteiger charge is 2.43. The molecule has 0 aromatic heterocycles. The molecule has 0 spiro atoms. The average molecular weight is 591 g/mol. The van der Waals surface area contributed by atoms with Crippen molar-refractivity contribution in [3.63, 3.8) is 0 Å². The smallest absolute Gasteiger partial charge is 0.465 e. The van der Waals surface area contributed by atoms with Gasteiger partial charge < -0.3 is 23.6 Å². The van der Waals surface area contributed by atoms with Crippen molar-refractivity contribution < 1.29 is 52.0 Å². The van der Waals surface area contributed by atoms with E-state index in [0.717, 1.165) is 6.42 Å². The highest BCUT2D eigenvalue weighted by molar-refractivity contribution is 7.48. The molecule has 0 bridgehead atoms. The molecule has 4 unspecified atom stereocenters. The second kappa shape index (κ2) is 22.2. The fraction of sp³-hybridized carbons (Fsp3) is 0.889. The van der Waals surface area contributed by atoms with Gasteiger partial charge in [-0.25, -0.2) is 4.57 Å². The van der Waals surface area contributed by atoms with Gasteiger partial charge in [0.05, 0.1) is 51.6 Å². The fourth-order valence-corrected chi connectivity index (χ4v) is 4.11. The minimum Gasteiger partial charge on any atom is -0.465 e. The molecule has 4 atom stereocenters. The Morgan fingerprint density at radius 1 is 0.923 bits per heavy atom. The number of quaternary nitrogens is 1. The van der Waals surface area contributed by atoms with Gasteiger partial charge >= 0.3 is 25.7 Å². The van der Waals surface area contributed by atoms with Crippen LogP contribution in [-0.2, 0) is 37.5 Å². The summed E-state index contributed by atoms with van der Waals surface area (Å²) in [5.41, 5.74) is -1.27. The van der Waals surface area contributed by atoms with E-state index >= 15 is 0 Å². The summed E-state index contributed by atoms with van der Waals surface area (Å²) in [6.45, 7) is 6.85. The van der Waals surface area contributed by atoms with E-state index in [1.165, 1.54) is 0 Å². The van der Waals surface area contributed by atoms with Gasteiger partial charge in [-0.1, -0.05) is 56.9 Å². The van der Waals surface area contributed by atoms with Crippen LogP contribution in [0.4, 0.5) is 0 Å². The Morgan fingerprint density at radius 2 is 1.49 bits per heavy atom. The first-order chi connectivity index (χ1) is 16.1. The summed E-state index contributed by atoms with van der Waals surface area (Å²) in [5, 5.41) is 8.88. The number of carbonyl (C=O) groups excluding carboxylic acids is 3. The summed E-state index contributed by atoms with van der Waals surface area (Å²) in [6.07, 6.45) is 1.65. The van der Waals surface area contributed by atoms with Crippen molar-refractivity contribution >= 4 is 25.7 Å². The van der Waals surface area contributed by atoms with Crippen LogP contribution in [0.15, 0.2) is 0 Å². The molecule has 0 amide bonds. The maximum Gasteiger partial charge on any atom is 0.529 e. The summed E-state index contributed by atoms with van der Waals surface area (Å²) in [4.78, 5) is 48.0. The zero-order valence-corrected chi connectivity index (χ0v) is 23.2. The van der Waals surface area contributed by atoms with Crippen LogP contribution in [-0.4, -0.2) is 86.5 Å². The SMILES string of the molecule is C.C.C.C.CCCCOC(=O)C(C)(CC(C)C(=O)OCCO)CC(CC)C(=O)OP(=O)(O)OCC[N+](C)(C)C. The molecule has 0 saturated carbocycles. The van der Waals surface area contributed by atoms with Crippen LogP contribution in [0.3, 0.4) is 0 Å². The number of phosphoric acid groups is 1. The predicted molar refractivity (Wildman–Crippen MR) is 156 cm³/mol. The molecule has 39 heavy (non-hydrogen) atoms. The lowest BCUT2D eigenvalue weighted by Gasteiger charge is -2.32. The monoisotopic (exact) mass is 590 g/mol. The van der Waals surface area contributed by atoms with Gasteiger partial charge in [-0.05, 0) is 32.6 Å². The Balaban J connectivity index is -0.000000963. The Bertz CT molecular complexity index is 726. The highest BCUT2D eigenvalue weighted by Crippen LogP contribution is 2.45. The number of esters is 2. The van der Waals surface area contributed by atoms with Gasteiger partial charge in [0.1, 0.15) is 19.8 Å². The molecule has 0 fully saturated rings. The van der Waals surface area contributed by atoms with E-state index < -0.39 is 43.0 Å². The van der Waals surface area contributed by atoms with Gasteiger partial charge in [0.2, 0.25) is 0 Å². The molecule has 11 nitrogen and oxygen atoms in total.